The summed E-state index contributed by atoms with van der Waals surface area (Å²) >= 11 is 0. The second-order valence-electron chi connectivity index (χ2n) is 5.13. The van der Waals surface area contributed by atoms with Crippen molar-refractivity contribution in [2.75, 3.05) is 31.6 Å². The van der Waals surface area contributed by atoms with Crippen LogP contribution in [0.2, 0.25) is 0 Å². The van der Waals surface area contributed by atoms with Gasteiger partial charge in [0.15, 0.2) is 0 Å². The third kappa shape index (κ3) is 2.69. The second kappa shape index (κ2) is 5.14. The number of amides is 1. The molecule has 0 radical (unpaired) electrons. The van der Waals surface area contributed by atoms with Gasteiger partial charge in [-0.1, -0.05) is 0 Å². The molecule has 1 aliphatic carbocycles. The Labute approximate surface area is 112 Å². The molecule has 102 valence electrons. The highest BCUT2D eigenvalue weighted by Gasteiger charge is 2.32. The molecule has 0 spiro atoms. The first-order valence-corrected chi connectivity index (χ1v) is 6.74. The van der Waals surface area contributed by atoms with Crippen LogP contribution in [0.4, 0.5) is 5.82 Å². The molecule has 2 fully saturated rings. The molecular weight excluding hydrogens is 242 g/mol. The molecule has 1 aliphatic heterocycles. The summed E-state index contributed by atoms with van der Waals surface area (Å²) in [7, 11) is 0. The molecule has 1 saturated heterocycles. The normalized spacial score (nSPS) is 20.4. The number of nitrogen functional groups attached to an aromatic ring is 1. The Hall–Kier alpha value is -1.66. The lowest BCUT2D eigenvalue weighted by Crippen LogP contribution is -2.49. The van der Waals surface area contributed by atoms with E-state index in [9.17, 15) is 4.79 Å². The molecule has 2 aliphatic rings. The first kappa shape index (κ1) is 12.4. The summed E-state index contributed by atoms with van der Waals surface area (Å²) in [5, 5.41) is 0. The van der Waals surface area contributed by atoms with E-state index in [0.717, 1.165) is 32.2 Å². The molecule has 0 aromatic carbocycles. The summed E-state index contributed by atoms with van der Waals surface area (Å²) < 4.78 is 0. The van der Waals surface area contributed by atoms with Crippen LogP contribution in [0.25, 0.3) is 0 Å². The fraction of sp³-hybridized carbons (Fsp3) is 0.538. The molecule has 6 nitrogen and oxygen atoms in total. The highest BCUT2D eigenvalue weighted by Crippen LogP contribution is 2.27. The van der Waals surface area contributed by atoms with E-state index >= 15 is 0 Å². The van der Waals surface area contributed by atoms with Crippen LogP contribution in [0, 0.1) is 0 Å². The molecule has 1 amide bonds. The third-order valence-corrected chi connectivity index (χ3v) is 3.82. The average Bonchev–Trinajstić information content (AvgIpc) is 3.31. The molecule has 0 bridgehead atoms. The van der Waals surface area contributed by atoms with Gasteiger partial charge < -0.3 is 10.3 Å². The lowest BCUT2D eigenvalue weighted by atomic mass is 10.2. The van der Waals surface area contributed by atoms with Gasteiger partial charge in [0.25, 0.3) is 5.91 Å². The van der Waals surface area contributed by atoms with E-state index in [1.165, 1.54) is 12.8 Å². The fourth-order valence-corrected chi connectivity index (χ4v) is 2.55. The number of pyridine rings is 1. The number of carbonyl (C=O) groups excluding carboxylic acids is 1. The monoisotopic (exact) mass is 261 g/mol. The maximum absolute atomic E-state index is 12.4. The maximum atomic E-state index is 12.4. The number of hydrogen-bond acceptors (Lipinski definition) is 5. The number of nitrogens with two attached hydrogens (primary N) is 1. The minimum absolute atomic E-state index is 0.0642. The predicted molar refractivity (Wildman–Crippen MR) is 72.5 cm³/mol. The van der Waals surface area contributed by atoms with E-state index in [4.69, 9.17) is 5.84 Å². The first-order valence-electron chi connectivity index (χ1n) is 6.74. The predicted octanol–water partition coefficient (Wildman–Crippen LogP) is 0.287. The van der Waals surface area contributed by atoms with E-state index < -0.39 is 0 Å². The molecule has 3 N–H and O–H groups in total. The molecule has 1 saturated carbocycles. The molecule has 2 heterocycles. The molecule has 1 aromatic heterocycles. The first-order chi connectivity index (χ1) is 9.28. The number of hydrazine groups is 1. The Balaban J connectivity index is 1.63. The van der Waals surface area contributed by atoms with Crippen molar-refractivity contribution in [3.05, 3.63) is 23.9 Å². The van der Waals surface area contributed by atoms with Crippen molar-refractivity contribution in [3.8, 4) is 0 Å². The van der Waals surface area contributed by atoms with Gasteiger partial charge in [-0.05, 0) is 25.0 Å². The van der Waals surface area contributed by atoms with Crippen molar-refractivity contribution in [2.24, 2.45) is 5.84 Å². The molecule has 6 heteroatoms. The number of aromatic nitrogens is 1. The lowest BCUT2D eigenvalue weighted by molar-refractivity contribution is 0.0627. The van der Waals surface area contributed by atoms with Gasteiger partial charge in [-0.2, -0.15) is 0 Å². The average molecular weight is 261 g/mol. The number of nitrogens with one attached hydrogen (secondary N) is 1. The third-order valence-electron chi connectivity index (χ3n) is 3.82. The molecule has 0 atom stereocenters. The largest absolute Gasteiger partial charge is 0.336 e. The fourth-order valence-electron chi connectivity index (χ4n) is 2.55. The standard InChI is InChI=1S/C13H19N5O/c14-16-12-9-10(3-4-15-12)13(19)18-7-5-17(6-8-18)11-1-2-11/h3-4,9,11H,1-2,5-8,14H2,(H,15,16). The number of piperazine rings is 1. The highest BCUT2D eigenvalue weighted by atomic mass is 16.2. The van der Waals surface area contributed by atoms with Crippen LogP contribution in [0.3, 0.4) is 0 Å². The van der Waals surface area contributed by atoms with E-state index in [2.05, 4.69) is 15.3 Å². The molecule has 3 rings (SSSR count). The van der Waals surface area contributed by atoms with Crippen LogP contribution in [0.1, 0.15) is 23.2 Å². The van der Waals surface area contributed by atoms with Gasteiger partial charge in [0.1, 0.15) is 5.82 Å². The Morgan fingerprint density at radius 2 is 2.05 bits per heavy atom. The van der Waals surface area contributed by atoms with Crippen LogP contribution >= 0.6 is 0 Å². The summed E-state index contributed by atoms with van der Waals surface area (Å²) in [4.78, 5) is 20.8. The smallest absolute Gasteiger partial charge is 0.254 e. The van der Waals surface area contributed by atoms with Crippen LogP contribution in [-0.2, 0) is 0 Å². The number of anilines is 1. The van der Waals surface area contributed by atoms with Crippen LogP contribution < -0.4 is 11.3 Å². The van der Waals surface area contributed by atoms with Crippen molar-refractivity contribution in [1.29, 1.82) is 0 Å². The number of rotatable bonds is 3. The summed E-state index contributed by atoms with van der Waals surface area (Å²) in [6.07, 6.45) is 4.25. The second-order valence-corrected chi connectivity index (χ2v) is 5.13. The van der Waals surface area contributed by atoms with Crippen LogP contribution in [0.15, 0.2) is 18.3 Å². The molecule has 1 aromatic rings. The van der Waals surface area contributed by atoms with E-state index in [0.29, 0.717) is 11.4 Å². The summed E-state index contributed by atoms with van der Waals surface area (Å²) in [5.41, 5.74) is 3.11. The summed E-state index contributed by atoms with van der Waals surface area (Å²) in [5.74, 6) is 5.89. The van der Waals surface area contributed by atoms with Gasteiger partial charge in [-0.15, -0.1) is 0 Å². The van der Waals surface area contributed by atoms with E-state index in [1.807, 2.05) is 4.90 Å². The molecule has 19 heavy (non-hydrogen) atoms. The van der Waals surface area contributed by atoms with Gasteiger partial charge in [0, 0.05) is 44.0 Å². The van der Waals surface area contributed by atoms with Crippen LogP contribution in [0.5, 0.6) is 0 Å². The lowest BCUT2D eigenvalue weighted by Gasteiger charge is -2.34. The minimum Gasteiger partial charge on any atom is -0.336 e. The number of hydrogen-bond donors (Lipinski definition) is 2. The van der Waals surface area contributed by atoms with Crippen molar-refractivity contribution in [1.82, 2.24) is 14.8 Å². The molecule has 0 unspecified atom stereocenters. The molecular formula is C13H19N5O. The SMILES string of the molecule is NNc1cc(C(=O)N2CCN(C3CC3)CC2)ccn1. The van der Waals surface area contributed by atoms with Crippen molar-refractivity contribution < 1.29 is 4.79 Å². The van der Waals surface area contributed by atoms with Gasteiger partial charge in [0.05, 0.1) is 0 Å². The van der Waals surface area contributed by atoms with E-state index in [-0.39, 0.29) is 5.91 Å². The Morgan fingerprint density at radius 3 is 2.68 bits per heavy atom. The highest BCUT2D eigenvalue weighted by molar-refractivity contribution is 5.94. The minimum atomic E-state index is 0.0642. The number of nitrogens with zero attached hydrogens (tertiary/aromatic N) is 3. The quantitative estimate of drug-likeness (QED) is 0.604. The van der Waals surface area contributed by atoms with Crippen molar-refractivity contribution in [2.45, 2.75) is 18.9 Å². The van der Waals surface area contributed by atoms with E-state index in [1.54, 1.807) is 18.3 Å². The Morgan fingerprint density at radius 1 is 1.32 bits per heavy atom. The summed E-state index contributed by atoms with van der Waals surface area (Å²) in [6.45, 7) is 3.60. The van der Waals surface area contributed by atoms with Gasteiger partial charge in [0.2, 0.25) is 0 Å². The van der Waals surface area contributed by atoms with Crippen molar-refractivity contribution in [3.63, 3.8) is 0 Å². The van der Waals surface area contributed by atoms with Gasteiger partial charge >= 0.3 is 0 Å². The zero-order valence-electron chi connectivity index (χ0n) is 10.9. The van der Waals surface area contributed by atoms with Gasteiger partial charge in [-0.3, -0.25) is 9.69 Å². The van der Waals surface area contributed by atoms with Gasteiger partial charge in [-0.25, -0.2) is 10.8 Å². The van der Waals surface area contributed by atoms with Crippen molar-refractivity contribution >= 4 is 11.7 Å². The zero-order valence-corrected chi connectivity index (χ0v) is 10.9. The Bertz CT molecular complexity index is 466. The number of carbonyl (C=O) groups is 1. The summed E-state index contributed by atoms with van der Waals surface area (Å²) in [6, 6.07) is 4.21. The zero-order chi connectivity index (χ0) is 13.2. The maximum Gasteiger partial charge on any atom is 0.254 e. The van der Waals surface area contributed by atoms with Crippen LogP contribution in [-0.4, -0.2) is 52.9 Å². The Kier molecular flexibility index (Phi) is 3.35. The topological polar surface area (TPSA) is 74.5 Å².